The molecular formula is C6H9N5O2. The van der Waals surface area contributed by atoms with Gasteiger partial charge in [0.05, 0.1) is 6.61 Å². The molecule has 1 N–H and O–H groups in total. The van der Waals surface area contributed by atoms with Gasteiger partial charge in [0.15, 0.2) is 0 Å². The van der Waals surface area contributed by atoms with Crippen LogP contribution in [-0.2, 0) is 4.84 Å². The lowest BCUT2D eigenvalue weighted by atomic mass is 10.3. The molecule has 1 saturated heterocycles. The van der Waals surface area contributed by atoms with E-state index < -0.39 is 0 Å². The smallest absolute Gasteiger partial charge is 0.271 e. The number of rotatable bonds is 1. The number of amides is 1. The van der Waals surface area contributed by atoms with Crippen molar-refractivity contribution >= 4 is 5.91 Å². The van der Waals surface area contributed by atoms with Crippen molar-refractivity contribution in [1.82, 2.24) is 25.7 Å². The molecule has 7 nitrogen and oxygen atoms in total. The van der Waals surface area contributed by atoms with Crippen LogP contribution in [0.4, 0.5) is 0 Å². The summed E-state index contributed by atoms with van der Waals surface area (Å²) in [5.74, 6) is -0.296. The zero-order valence-corrected chi connectivity index (χ0v) is 6.93. The molecule has 1 amide bonds. The van der Waals surface area contributed by atoms with Crippen molar-refractivity contribution in [3.8, 4) is 0 Å². The largest absolute Gasteiger partial charge is 0.318 e. The summed E-state index contributed by atoms with van der Waals surface area (Å²) in [6.07, 6.45) is 1.93. The van der Waals surface area contributed by atoms with E-state index in [1.165, 1.54) is 5.06 Å². The van der Waals surface area contributed by atoms with E-state index in [0.29, 0.717) is 13.2 Å². The highest BCUT2D eigenvalue weighted by Gasteiger charge is 2.22. The lowest BCUT2D eigenvalue weighted by Crippen LogP contribution is -2.36. The second kappa shape index (κ2) is 3.48. The Morgan fingerprint density at radius 1 is 1.54 bits per heavy atom. The molecule has 0 saturated carbocycles. The first-order valence-electron chi connectivity index (χ1n) is 4.06. The molecule has 1 aliphatic heterocycles. The Kier molecular flexibility index (Phi) is 2.17. The van der Waals surface area contributed by atoms with Gasteiger partial charge in [0.1, 0.15) is 0 Å². The highest BCUT2D eigenvalue weighted by atomic mass is 16.7. The SMILES string of the molecule is O=C(c1nn[nH]n1)N1CCCCO1. The van der Waals surface area contributed by atoms with Crippen LogP contribution < -0.4 is 0 Å². The van der Waals surface area contributed by atoms with E-state index in [2.05, 4.69) is 20.6 Å². The van der Waals surface area contributed by atoms with Crippen molar-refractivity contribution in [3.63, 3.8) is 0 Å². The third kappa shape index (κ3) is 1.64. The summed E-state index contributed by atoms with van der Waals surface area (Å²) in [6, 6.07) is 0. The van der Waals surface area contributed by atoms with Crippen molar-refractivity contribution < 1.29 is 9.63 Å². The summed E-state index contributed by atoms with van der Waals surface area (Å²) in [5.41, 5.74) is 0. The number of hydrogen-bond donors (Lipinski definition) is 1. The molecule has 1 aliphatic rings. The summed E-state index contributed by atoms with van der Waals surface area (Å²) < 4.78 is 0. The molecule has 0 radical (unpaired) electrons. The van der Waals surface area contributed by atoms with E-state index >= 15 is 0 Å². The van der Waals surface area contributed by atoms with E-state index in [-0.39, 0.29) is 11.7 Å². The molecule has 70 valence electrons. The third-order valence-electron chi connectivity index (χ3n) is 1.77. The van der Waals surface area contributed by atoms with Gasteiger partial charge in [-0.2, -0.15) is 5.21 Å². The first kappa shape index (κ1) is 8.11. The molecule has 0 bridgehead atoms. The number of H-pyrrole nitrogens is 1. The number of hydroxylamine groups is 2. The Morgan fingerprint density at radius 3 is 3.08 bits per heavy atom. The topological polar surface area (TPSA) is 84.0 Å². The minimum absolute atomic E-state index is 0.0434. The molecule has 7 heteroatoms. The van der Waals surface area contributed by atoms with Crippen molar-refractivity contribution in [2.45, 2.75) is 12.8 Å². The summed E-state index contributed by atoms with van der Waals surface area (Å²) in [6.45, 7) is 1.16. The molecule has 2 heterocycles. The number of carbonyl (C=O) groups is 1. The van der Waals surface area contributed by atoms with Crippen LogP contribution in [0.2, 0.25) is 0 Å². The second-order valence-electron chi connectivity index (χ2n) is 2.68. The third-order valence-corrected chi connectivity index (χ3v) is 1.77. The number of carbonyl (C=O) groups excluding carboxylic acids is 1. The molecule has 1 fully saturated rings. The lowest BCUT2D eigenvalue weighted by Gasteiger charge is -2.24. The number of nitrogens with zero attached hydrogens (tertiary/aromatic N) is 4. The maximum absolute atomic E-state index is 11.5. The molecule has 1 aromatic rings. The van der Waals surface area contributed by atoms with Gasteiger partial charge in [0, 0.05) is 6.54 Å². The molecule has 2 rings (SSSR count). The number of hydrogen-bond acceptors (Lipinski definition) is 5. The van der Waals surface area contributed by atoms with Gasteiger partial charge in [-0.1, -0.05) is 0 Å². The molecular weight excluding hydrogens is 174 g/mol. The Hall–Kier alpha value is -1.50. The Balaban J connectivity index is 2.04. The van der Waals surface area contributed by atoms with Gasteiger partial charge in [0.25, 0.3) is 5.82 Å². The molecule has 1 aromatic heterocycles. The van der Waals surface area contributed by atoms with Crippen molar-refractivity contribution in [2.24, 2.45) is 0 Å². The molecule has 0 spiro atoms. The van der Waals surface area contributed by atoms with Gasteiger partial charge in [-0.25, -0.2) is 5.06 Å². The van der Waals surface area contributed by atoms with E-state index in [1.54, 1.807) is 0 Å². The van der Waals surface area contributed by atoms with Crippen LogP contribution in [0.1, 0.15) is 23.5 Å². The predicted octanol–water partition coefficient (Wildman–Crippen LogP) is -0.633. The van der Waals surface area contributed by atoms with Crippen LogP contribution in [0.3, 0.4) is 0 Å². The van der Waals surface area contributed by atoms with Crippen LogP contribution >= 0.6 is 0 Å². The fourth-order valence-corrected chi connectivity index (χ4v) is 1.12. The monoisotopic (exact) mass is 183 g/mol. The van der Waals surface area contributed by atoms with Crippen LogP contribution in [0, 0.1) is 0 Å². The maximum Gasteiger partial charge on any atom is 0.318 e. The average molecular weight is 183 g/mol. The Labute approximate surface area is 74.0 Å². The first-order chi connectivity index (χ1) is 6.38. The van der Waals surface area contributed by atoms with E-state index in [0.717, 1.165) is 12.8 Å². The van der Waals surface area contributed by atoms with Crippen molar-refractivity contribution in [3.05, 3.63) is 5.82 Å². The lowest BCUT2D eigenvalue weighted by molar-refractivity contribution is -0.144. The van der Waals surface area contributed by atoms with Gasteiger partial charge in [-0.05, 0) is 18.1 Å². The minimum atomic E-state index is -0.339. The van der Waals surface area contributed by atoms with E-state index in [9.17, 15) is 4.79 Å². The predicted molar refractivity (Wildman–Crippen MR) is 40.4 cm³/mol. The second-order valence-corrected chi connectivity index (χ2v) is 2.68. The summed E-state index contributed by atoms with van der Waals surface area (Å²) in [4.78, 5) is 16.6. The maximum atomic E-state index is 11.5. The van der Waals surface area contributed by atoms with Crippen LogP contribution in [0.15, 0.2) is 0 Å². The summed E-state index contributed by atoms with van der Waals surface area (Å²) in [7, 11) is 0. The zero-order valence-electron chi connectivity index (χ0n) is 6.93. The molecule has 13 heavy (non-hydrogen) atoms. The van der Waals surface area contributed by atoms with Crippen molar-refractivity contribution in [2.75, 3.05) is 13.2 Å². The first-order valence-corrected chi connectivity index (χ1v) is 4.06. The number of nitrogens with one attached hydrogen (secondary N) is 1. The molecule has 0 atom stereocenters. The number of aromatic amines is 1. The minimum Gasteiger partial charge on any atom is -0.271 e. The number of aromatic nitrogens is 4. The van der Waals surface area contributed by atoms with Gasteiger partial charge in [0.2, 0.25) is 0 Å². The normalized spacial score (nSPS) is 17.4. The van der Waals surface area contributed by atoms with Crippen molar-refractivity contribution in [1.29, 1.82) is 0 Å². The van der Waals surface area contributed by atoms with Crippen LogP contribution in [0.25, 0.3) is 0 Å². The summed E-state index contributed by atoms with van der Waals surface area (Å²) >= 11 is 0. The van der Waals surface area contributed by atoms with Crippen LogP contribution in [-0.4, -0.2) is 44.7 Å². The highest BCUT2D eigenvalue weighted by molar-refractivity contribution is 5.89. The van der Waals surface area contributed by atoms with Crippen LogP contribution in [0.5, 0.6) is 0 Å². The van der Waals surface area contributed by atoms with Gasteiger partial charge >= 0.3 is 5.91 Å². The Morgan fingerprint density at radius 2 is 2.46 bits per heavy atom. The molecule has 0 aliphatic carbocycles. The molecule has 0 aromatic carbocycles. The fourth-order valence-electron chi connectivity index (χ4n) is 1.12. The average Bonchev–Trinajstić information content (AvgIpc) is 2.71. The summed E-state index contributed by atoms with van der Waals surface area (Å²) in [5, 5.41) is 13.9. The van der Waals surface area contributed by atoms with Gasteiger partial charge in [-0.15, -0.1) is 10.2 Å². The highest BCUT2D eigenvalue weighted by Crippen LogP contribution is 2.07. The molecule has 0 unspecified atom stereocenters. The Bertz CT molecular complexity index is 279. The van der Waals surface area contributed by atoms with E-state index in [1.807, 2.05) is 0 Å². The van der Waals surface area contributed by atoms with E-state index in [4.69, 9.17) is 4.84 Å². The number of tetrazole rings is 1. The van der Waals surface area contributed by atoms with Gasteiger partial charge in [-0.3, -0.25) is 9.63 Å². The zero-order chi connectivity index (χ0) is 9.10. The quantitative estimate of drug-likeness (QED) is 0.626. The fraction of sp³-hybridized carbons (Fsp3) is 0.667. The standard InChI is InChI=1S/C6H9N5O2/c12-6(5-7-9-10-8-5)11-3-1-2-4-13-11/h1-4H2,(H,7,8,9,10). The van der Waals surface area contributed by atoms with Gasteiger partial charge < -0.3 is 0 Å².